The van der Waals surface area contributed by atoms with Crippen molar-refractivity contribution in [1.29, 1.82) is 0 Å². The third kappa shape index (κ3) is 3.52. The van der Waals surface area contributed by atoms with E-state index >= 15 is 0 Å². The fraction of sp³-hybridized carbons (Fsp3) is 0.750. The number of nitrogens with zero attached hydrogens (tertiary/aromatic N) is 3. The summed E-state index contributed by atoms with van der Waals surface area (Å²) in [6, 6.07) is 0. The first-order valence-corrected chi connectivity index (χ1v) is 4.47. The molecule has 0 aliphatic carbocycles. The molecule has 0 radical (unpaired) electrons. The van der Waals surface area contributed by atoms with E-state index in [2.05, 4.69) is 10.3 Å². The molecule has 0 spiro atoms. The molecule has 1 heterocycles. The second-order valence-corrected chi connectivity index (χ2v) is 2.88. The fourth-order valence-corrected chi connectivity index (χ4v) is 1.06. The first-order valence-electron chi connectivity index (χ1n) is 4.47. The number of unbranched alkanes of at least 4 members (excludes halogenated alkanes) is 1. The second-order valence-electron chi connectivity index (χ2n) is 2.88. The van der Waals surface area contributed by atoms with Crippen LogP contribution in [0.3, 0.4) is 0 Å². The van der Waals surface area contributed by atoms with E-state index < -0.39 is 0 Å². The molecule has 13 heavy (non-hydrogen) atoms. The van der Waals surface area contributed by atoms with Crippen LogP contribution in [0, 0.1) is 0 Å². The maximum atomic E-state index is 8.63. The predicted octanol–water partition coefficient (Wildman–Crippen LogP) is -0.415. The molecular weight excluding hydrogens is 170 g/mol. The number of hydrogen-bond donors (Lipinski definition) is 2. The van der Waals surface area contributed by atoms with Gasteiger partial charge in [0.05, 0.1) is 5.69 Å². The molecule has 0 unspecified atom stereocenters. The first-order chi connectivity index (χ1) is 6.36. The lowest BCUT2D eigenvalue weighted by molar-refractivity contribution is 0.280. The van der Waals surface area contributed by atoms with Crippen LogP contribution in [0.25, 0.3) is 0 Å². The number of hydrogen-bond acceptors (Lipinski definition) is 4. The van der Waals surface area contributed by atoms with Crippen molar-refractivity contribution in [3.8, 4) is 0 Å². The van der Waals surface area contributed by atoms with E-state index in [1.807, 2.05) is 6.20 Å². The number of aryl methyl sites for hydroxylation is 1. The molecule has 5 heteroatoms. The lowest BCUT2D eigenvalue weighted by atomic mass is 10.3. The van der Waals surface area contributed by atoms with Gasteiger partial charge in [-0.15, -0.1) is 5.10 Å². The molecule has 1 rings (SSSR count). The molecule has 0 aliphatic heterocycles. The van der Waals surface area contributed by atoms with Crippen LogP contribution in [0.5, 0.6) is 0 Å². The lowest BCUT2D eigenvalue weighted by Crippen LogP contribution is -1.99. The summed E-state index contributed by atoms with van der Waals surface area (Å²) in [7, 11) is 0. The van der Waals surface area contributed by atoms with Crippen LogP contribution < -0.4 is 0 Å². The summed E-state index contributed by atoms with van der Waals surface area (Å²) < 4.78 is 1.74. The normalized spacial score (nSPS) is 10.6. The summed E-state index contributed by atoms with van der Waals surface area (Å²) in [4.78, 5) is 0. The van der Waals surface area contributed by atoms with E-state index in [0.29, 0.717) is 6.42 Å². The Morgan fingerprint density at radius 2 is 2.08 bits per heavy atom. The molecule has 1 aromatic heterocycles. The van der Waals surface area contributed by atoms with Crippen molar-refractivity contribution in [1.82, 2.24) is 15.0 Å². The average molecular weight is 185 g/mol. The topological polar surface area (TPSA) is 71.2 Å². The second kappa shape index (κ2) is 5.66. The molecular formula is C8H15N3O2. The van der Waals surface area contributed by atoms with Gasteiger partial charge in [0.1, 0.15) is 0 Å². The zero-order valence-corrected chi connectivity index (χ0v) is 7.56. The smallest absolute Gasteiger partial charge is 0.0849 e. The Morgan fingerprint density at radius 1 is 1.23 bits per heavy atom. The molecule has 0 bridgehead atoms. The Hall–Kier alpha value is -0.940. The van der Waals surface area contributed by atoms with Gasteiger partial charge in [-0.05, 0) is 12.8 Å². The van der Waals surface area contributed by atoms with Gasteiger partial charge in [0.25, 0.3) is 0 Å². The van der Waals surface area contributed by atoms with Crippen LogP contribution >= 0.6 is 0 Å². The van der Waals surface area contributed by atoms with Crippen LogP contribution in [0.2, 0.25) is 0 Å². The Kier molecular flexibility index (Phi) is 4.42. The highest BCUT2D eigenvalue weighted by Crippen LogP contribution is 1.96. The summed E-state index contributed by atoms with van der Waals surface area (Å²) in [5.74, 6) is 0. The molecule has 0 aliphatic rings. The van der Waals surface area contributed by atoms with Gasteiger partial charge < -0.3 is 10.2 Å². The standard InChI is InChI=1S/C8H15N3O2/c12-5-2-1-4-11-7-8(3-6-13)9-10-11/h7,12-13H,1-6H2. The van der Waals surface area contributed by atoms with Gasteiger partial charge in [0, 0.05) is 32.4 Å². The van der Waals surface area contributed by atoms with Crippen molar-refractivity contribution in [3.63, 3.8) is 0 Å². The largest absolute Gasteiger partial charge is 0.396 e. The molecule has 74 valence electrons. The first kappa shape index (κ1) is 10.1. The Labute approximate surface area is 77.0 Å². The van der Waals surface area contributed by atoms with Crippen molar-refractivity contribution >= 4 is 0 Å². The van der Waals surface area contributed by atoms with Crippen LogP contribution in [-0.4, -0.2) is 38.4 Å². The van der Waals surface area contributed by atoms with Crippen molar-refractivity contribution < 1.29 is 10.2 Å². The minimum atomic E-state index is 0.106. The monoisotopic (exact) mass is 185 g/mol. The summed E-state index contributed by atoms with van der Waals surface area (Å²) in [5, 5.41) is 24.9. The Morgan fingerprint density at radius 3 is 2.77 bits per heavy atom. The predicted molar refractivity (Wildman–Crippen MR) is 47.1 cm³/mol. The molecule has 0 atom stereocenters. The highest BCUT2D eigenvalue weighted by atomic mass is 16.3. The summed E-state index contributed by atoms with van der Waals surface area (Å²) >= 11 is 0. The van der Waals surface area contributed by atoms with Gasteiger partial charge in [-0.1, -0.05) is 5.21 Å². The van der Waals surface area contributed by atoms with E-state index in [9.17, 15) is 0 Å². The molecule has 2 N–H and O–H groups in total. The minimum absolute atomic E-state index is 0.106. The quantitative estimate of drug-likeness (QED) is 0.591. The number of aromatic nitrogens is 3. The van der Waals surface area contributed by atoms with Gasteiger partial charge in [-0.3, -0.25) is 4.68 Å². The van der Waals surface area contributed by atoms with E-state index in [4.69, 9.17) is 10.2 Å². The molecule has 0 saturated carbocycles. The van der Waals surface area contributed by atoms with E-state index in [-0.39, 0.29) is 13.2 Å². The van der Waals surface area contributed by atoms with Gasteiger partial charge in [0.2, 0.25) is 0 Å². The van der Waals surface area contributed by atoms with Crippen LogP contribution in [0.4, 0.5) is 0 Å². The van der Waals surface area contributed by atoms with Crippen LogP contribution in [0.15, 0.2) is 6.20 Å². The zero-order chi connectivity index (χ0) is 9.52. The highest BCUT2D eigenvalue weighted by Gasteiger charge is 1.98. The third-order valence-electron chi connectivity index (χ3n) is 1.75. The maximum absolute atomic E-state index is 8.63. The van der Waals surface area contributed by atoms with Crippen molar-refractivity contribution in [2.75, 3.05) is 13.2 Å². The van der Waals surface area contributed by atoms with Gasteiger partial charge in [-0.2, -0.15) is 0 Å². The lowest BCUT2D eigenvalue weighted by Gasteiger charge is -1.96. The van der Waals surface area contributed by atoms with Crippen molar-refractivity contribution in [2.45, 2.75) is 25.8 Å². The summed E-state index contributed by atoms with van der Waals surface area (Å²) in [5.41, 5.74) is 0.812. The fourth-order valence-electron chi connectivity index (χ4n) is 1.06. The number of aliphatic hydroxyl groups excluding tert-OH is 2. The third-order valence-corrected chi connectivity index (χ3v) is 1.75. The van der Waals surface area contributed by atoms with Gasteiger partial charge >= 0.3 is 0 Å². The van der Waals surface area contributed by atoms with Crippen LogP contribution in [-0.2, 0) is 13.0 Å². The van der Waals surface area contributed by atoms with E-state index in [1.54, 1.807) is 4.68 Å². The SMILES string of the molecule is OCCCCn1cc(CCO)nn1. The molecule has 0 fully saturated rings. The van der Waals surface area contributed by atoms with E-state index in [0.717, 1.165) is 25.1 Å². The Balaban J connectivity index is 2.31. The van der Waals surface area contributed by atoms with Crippen molar-refractivity contribution in [3.05, 3.63) is 11.9 Å². The minimum Gasteiger partial charge on any atom is -0.396 e. The summed E-state index contributed by atoms with van der Waals surface area (Å²) in [6.45, 7) is 1.10. The highest BCUT2D eigenvalue weighted by molar-refractivity contribution is 4.91. The van der Waals surface area contributed by atoms with Gasteiger partial charge in [-0.25, -0.2) is 0 Å². The zero-order valence-electron chi connectivity index (χ0n) is 7.56. The number of rotatable bonds is 6. The summed E-state index contributed by atoms with van der Waals surface area (Å²) in [6.07, 6.45) is 4.07. The van der Waals surface area contributed by atoms with Gasteiger partial charge in [0.15, 0.2) is 0 Å². The van der Waals surface area contributed by atoms with Crippen LogP contribution in [0.1, 0.15) is 18.5 Å². The average Bonchev–Trinajstić information content (AvgIpc) is 2.54. The molecule has 0 amide bonds. The maximum Gasteiger partial charge on any atom is 0.0849 e. The molecule has 5 nitrogen and oxygen atoms in total. The number of aliphatic hydroxyl groups is 2. The van der Waals surface area contributed by atoms with E-state index in [1.165, 1.54) is 0 Å². The molecule has 1 aromatic rings. The molecule has 0 saturated heterocycles. The molecule has 0 aromatic carbocycles. The van der Waals surface area contributed by atoms with Crippen molar-refractivity contribution in [2.24, 2.45) is 0 Å². The Bertz CT molecular complexity index is 237.